The number of benzene rings is 2. The molecule has 29 heavy (non-hydrogen) atoms. The predicted molar refractivity (Wildman–Crippen MR) is 123 cm³/mol. The van der Waals surface area contributed by atoms with E-state index in [2.05, 4.69) is 69.3 Å². The van der Waals surface area contributed by atoms with Gasteiger partial charge in [0.05, 0.1) is 12.9 Å². The minimum Gasteiger partial charge on any atom is -0.407 e. The van der Waals surface area contributed by atoms with Crippen molar-refractivity contribution in [3.05, 3.63) is 72.8 Å². The fourth-order valence-electron chi connectivity index (χ4n) is 3.54. The number of hydrogen-bond donors (Lipinski definition) is 0. The van der Waals surface area contributed by atoms with Crippen LogP contribution in [0.15, 0.2) is 72.8 Å². The SMILES string of the molecule is CC(C)(C)[Si](OCC/C=C/CCOS(C)(=O)=O)(c1ccccc1)c1ccccc1. The minimum atomic E-state index is -3.37. The van der Waals surface area contributed by atoms with Gasteiger partial charge in [0, 0.05) is 6.61 Å². The van der Waals surface area contributed by atoms with Crippen LogP contribution in [0.25, 0.3) is 0 Å². The monoisotopic (exact) mass is 432 g/mol. The van der Waals surface area contributed by atoms with Crippen molar-refractivity contribution in [2.75, 3.05) is 19.5 Å². The summed E-state index contributed by atoms with van der Waals surface area (Å²) in [7, 11) is -5.86. The number of hydrogen-bond acceptors (Lipinski definition) is 4. The van der Waals surface area contributed by atoms with Crippen LogP contribution in [0.3, 0.4) is 0 Å². The second kappa shape index (κ2) is 10.3. The molecule has 0 aliphatic carbocycles. The van der Waals surface area contributed by atoms with Gasteiger partial charge in [-0.1, -0.05) is 93.6 Å². The molecule has 6 heteroatoms. The zero-order chi connectivity index (χ0) is 21.4. The average molecular weight is 433 g/mol. The maximum atomic E-state index is 11.0. The second-order valence-electron chi connectivity index (χ2n) is 8.09. The van der Waals surface area contributed by atoms with Gasteiger partial charge in [0.15, 0.2) is 0 Å². The van der Waals surface area contributed by atoms with Crippen LogP contribution in [0, 0.1) is 0 Å². The van der Waals surface area contributed by atoms with Gasteiger partial charge in [-0.15, -0.1) is 0 Å². The van der Waals surface area contributed by atoms with Gasteiger partial charge in [0.25, 0.3) is 18.4 Å². The van der Waals surface area contributed by atoms with E-state index in [1.54, 1.807) is 0 Å². The van der Waals surface area contributed by atoms with Crippen LogP contribution in [0.5, 0.6) is 0 Å². The lowest BCUT2D eigenvalue weighted by Gasteiger charge is -2.43. The lowest BCUT2D eigenvalue weighted by atomic mass is 10.2. The normalized spacial score (nSPS) is 13.1. The molecule has 0 radical (unpaired) electrons. The Morgan fingerprint density at radius 1 is 0.828 bits per heavy atom. The highest BCUT2D eigenvalue weighted by Crippen LogP contribution is 2.36. The Balaban J connectivity index is 2.15. The van der Waals surface area contributed by atoms with Gasteiger partial charge < -0.3 is 4.43 Å². The summed E-state index contributed by atoms with van der Waals surface area (Å²) in [6.07, 6.45) is 6.37. The van der Waals surface area contributed by atoms with Crippen molar-refractivity contribution in [2.45, 2.75) is 38.7 Å². The van der Waals surface area contributed by atoms with Gasteiger partial charge >= 0.3 is 0 Å². The molecule has 0 unspecified atom stereocenters. The van der Waals surface area contributed by atoms with Crippen molar-refractivity contribution in [1.82, 2.24) is 0 Å². The maximum Gasteiger partial charge on any atom is 0.264 e. The van der Waals surface area contributed by atoms with Gasteiger partial charge in [0.2, 0.25) is 0 Å². The summed E-state index contributed by atoms with van der Waals surface area (Å²) in [6, 6.07) is 21.1. The van der Waals surface area contributed by atoms with E-state index in [0.29, 0.717) is 13.0 Å². The van der Waals surface area contributed by atoms with Crippen molar-refractivity contribution < 1.29 is 17.0 Å². The molecule has 0 bridgehead atoms. The molecule has 158 valence electrons. The first-order chi connectivity index (χ1) is 13.7. The Bertz CT molecular complexity index is 833. The van der Waals surface area contributed by atoms with Crippen LogP contribution in [0.2, 0.25) is 5.04 Å². The van der Waals surface area contributed by atoms with E-state index in [1.165, 1.54) is 10.4 Å². The zero-order valence-electron chi connectivity index (χ0n) is 17.8. The van der Waals surface area contributed by atoms with Crippen LogP contribution in [0.1, 0.15) is 33.6 Å². The van der Waals surface area contributed by atoms with Crippen LogP contribution in [-0.2, 0) is 18.7 Å². The molecule has 0 atom stereocenters. The molecule has 4 nitrogen and oxygen atoms in total. The van der Waals surface area contributed by atoms with Crippen molar-refractivity contribution >= 4 is 28.8 Å². The molecule has 0 aliphatic heterocycles. The van der Waals surface area contributed by atoms with Gasteiger partial charge in [-0.2, -0.15) is 8.42 Å². The van der Waals surface area contributed by atoms with E-state index < -0.39 is 18.4 Å². The first kappa shape index (κ1) is 23.5. The van der Waals surface area contributed by atoms with E-state index >= 15 is 0 Å². The van der Waals surface area contributed by atoms with Gasteiger partial charge in [-0.3, -0.25) is 4.18 Å². The molecule has 0 aromatic heterocycles. The van der Waals surface area contributed by atoms with Crippen LogP contribution >= 0.6 is 0 Å². The minimum absolute atomic E-state index is 0.0389. The molecule has 2 aromatic carbocycles. The lowest BCUT2D eigenvalue weighted by Crippen LogP contribution is -2.66. The van der Waals surface area contributed by atoms with Crippen molar-refractivity contribution in [3.63, 3.8) is 0 Å². The molecule has 0 spiro atoms. The van der Waals surface area contributed by atoms with Gasteiger partial charge in [-0.05, 0) is 28.3 Å². The third-order valence-corrected chi connectivity index (χ3v) is 10.4. The maximum absolute atomic E-state index is 11.0. The van der Waals surface area contributed by atoms with Crippen LogP contribution in [0.4, 0.5) is 0 Å². The summed E-state index contributed by atoms with van der Waals surface area (Å²) in [6.45, 7) is 7.56. The largest absolute Gasteiger partial charge is 0.407 e. The molecule has 0 saturated carbocycles. The van der Waals surface area contributed by atoms with Crippen LogP contribution in [-0.4, -0.2) is 36.2 Å². The highest BCUT2D eigenvalue weighted by atomic mass is 32.2. The molecule has 0 heterocycles. The molecule has 0 amide bonds. The third-order valence-electron chi connectivity index (χ3n) is 4.77. The molecular weight excluding hydrogens is 400 g/mol. The molecule has 0 N–H and O–H groups in total. The third kappa shape index (κ3) is 6.64. The first-order valence-corrected chi connectivity index (χ1v) is 13.6. The summed E-state index contributed by atoms with van der Waals surface area (Å²) in [5, 5.41) is 2.50. The topological polar surface area (TPSA) is 52.6 Å². The van der Waals surface area contributed by atoms with E-state index in [4.69, 9.17) is 8.61 Å². The highest BCUT2D eigenvalue weighted by Gasteiger charge is 2.49. The van der Waals surface area contributed by atoms with Crippen molar-refractivity contribution in [2.24, 2.45) is 0 Å². The van der Waals surface area contributed by atoms with E-state index in [0.717, 1.165) is 12.7 Å². The van der Waals surface area contributed by atoms with Crippen molar-refractivity contribution in [3.8, 4) is 0 Å². The van der Waals surface area contributed by atoms with Crippen LogP contribution < -0.4 is 10.4 Å². The van der Waals surface area contributed by atoms with E-state index in [9.17, 15) is 8.42 Å². The summed E-state index contributed by atoms with van der Waals surface area (Å²) in [5.41, 5.74) is 0. The first-order valence-electron chi connectivity index (χ1n) is 9.91. The Kier molecular flexibility index (Phi) is 8.40. The zero-order valence-corrected chi connectivity index (χ0v) is 19.6. The molecule has 0 saturated heterocycles. The molecular formula is C23H32O4SSi. The van der Waals surface area contributed by atoms with E-state index in [1.807, 2.05) is 24.3 Å². The van der Waals surface area contributed by atoms with Gasteiger partial charge in [-0.25, -0.2) is 0 Å². The molecule has 2 aromatic rings. The second-order valence-corrected chi connectivity index (χ2v) is 14.0. The summed E-state index contributed by atoms with van der Waals surface area (Å²) in [4.78, 5) is 0. The Morgan fingerprint density at radius 3 is 1.69 bits per heavy atom. The fraction of sp³-hybridized carbons (Fsp3) is 0.391. The molecule has 0 aliphatic rings. The molecule has 2 rings (SSSR count). The average Bonchev–Trinajstić information content (AvgIpc) is 2.66. The quantitative estimate of drug-likeness (QED) is 0.247. The lowest BCUT2D eigenvalue weighted by molar-refractivity contribution is 0.304. The van der Waals surface area contributed by atoms with Crippen molar-refractivity contribution in [1.29, 1.82) is 0 Å². The summed E-state index contributed by atoms with van der Waals surface area (Å²) in [5.74, 6) is 0. The standard InChI is InChI=1S/C23H32O4SSi/c1-23(2,3)29(21-15-9-7-10-16-21,22-17-11-8-12-18-22)27-20-14-6-5-13-19-26-28(4,24)25/h5-12,15-18H,13-14,19-20H2,1-4H3/b6-5+. The Morgan fingerprint density at radius 2 is 1.28 bits per heavy atom. The predicted octanol–water partition coefficient (Wildman–Crippen LogP) is 3.88. The Labute approximate surface area is 176 Å². The summed E-state index contributed by atoms with van der Waals surface area (Å²) >= 11 is 0. The fourth-order valence-corrected chi connectivity index (χ4v) is 8.52. The Hall–Kier alpha value is -1.73. The molecule has 0 fully saturated rings. The summed E-state index contributed by atoms with van der Waals surface area (Å²) < 4.78 is 33.5. The highest BCUT2D eigenvalue weighted by molar-refractivity contribution is 7.85. The van der Waals surface area contributed by atoms with E-state index in [-0.39, 0.29) is 11.6 Å². The van der Waals surface area contributed by atoms with Gasteiger partial charge in [0.1, 0.15) is 0 Å². The smallest absolute Gasteiger partial charge is 0.264 e. The number of rotatable bonds is 10.